The molecule has 2 aromatic carbocycles. The second-order valence-electron chi connectivity index (χ2n) is 4.25. The summed E-state index contributed by atoms with van der Waals surface area (Å²) in [6, 6.07) is 3.61. The van der Waals surface area contributed by atoms with E-state index in [9.17, 15) is 22.8 Å². The number of imide groups is 1. The highest BCUT2D eigenvalue weighted by Gasteiger charge is 2.19. The molecular formula is C14H7Cl2F3N2O2. The number of hydrogen-bond donors (Lipinski definition) is 2. The number of nitrogens with one attached hydrogen (secondary N) is 2. The molecule has 0 aliphatic rings. The van der Waals surface area contributed by atoms with Crippen LogP contribution in [0.2, 0.25) is 10.0 Å². The van der Waals surface area contributed by atoms with Crippen molar-refractivity contribution in [1.82, 2.24) is 5.32 Å². The molecule has 2 N–H and O–H groups in total. The van der Waals surface area contributed by atoms with E-state index in [-0.39, 0.29) is 5.02 Å². The van der Waals surface area contributed by atoms with E-state index in [0.29, 0.717) is 12.1 Å². The van der Waals surface area contributed by atoms with Crippen LogP contribution in [0.25, 0.3) is 0 Å². The molecular weight excluding hydrogens is 356 g/mol. The van der Waals surface area contributed by atoms with Crippen molar-refractivity contribution in [1.29, 1.82) is 0 Å². The van der Waals surface area contributed by atoms with Gasteiger partial charge in [0.05, 0.1) is 21.3 Å². The monoisotopic (exact) mass is 362 g/mol. The van der Waals surface area contributed by atoms with E-state index in [0.717, 1.165) is 6.07 Å². The number of anilines is 1. The Balaban J connectivity index is 2.14. The molecule has 4 nitrogen and oxygen atoms in total. The summed E-state index contributed by atoms with van der Waals surface area (Å²) in [5, 5.41) is 2.98. The van der Waals surface area contributed by atoms with Crippen molar-refractivity contribution in [2.45, 2.75) is 0 Å². The van der Waals surface area contributed by atoms with Gasteiger partial charge in [0.2, 0.25) is 0 Å². The van der Waals surface area contributed by atoms with Crippen LogP contribution >= 0.6 is 23.2 Å². The topological polar surface area (TPSA) is 58.2 Å². The molecule has 0 unspecified atom stereocenters. The van der Waals surface area contributed by atoms with Gasteiger partial charge >= 0.3 is 6.03 Å². The van der Waals surface area contributed by atoms with Crippen LogP contribution in [0.3, 0.4) is 0 Å². The molecule has 0 heterocycles. The minimum Gasteiger partial charge on any atom is -0.305 e. The molecule has 0 spiro atoms. The lowest BCUT2D eigenvalue weighted by Gasteiger charge is -2.09. The summed E-state index contributed by atoms with van der Waals surface area (Å²) in [4.78, 5) is 23.4. The zero-order valence-corrected chi connectivity index (χ0v) is 12.6. The first-order chi connectivity index (χ1) is 10.8. The Morgan fingerprint density at radius 2 is 1.61 bits per heavy atom. The third-order valence-electron chi connectivity index (χ3n) is 2.68. The van der Waals surface area contributed by atoms with Gasteiger partial charge in [0, 0.05) is 6.07 Å². The zero-order valence-electron chi connectivity index (χ0n) is 11.1. The molecule has 0 radical (unpaired) electrons. The minimum atomic E-state index is -1.20. The van der Waals surface area contributed by atoms with E-state index < -0.39 is 45.7 Å². The highest BCUT2D eigenvalue weighted by molar-refractivity contribution is 6.34. The Hall–Kier alpha value is -2.25. The second kappa shape index (κ2) is 6.89. The number of halogens is 5. The van der Waals surface area contributed by atoms with Gasteiger partial charge < -0.3 is 5.32 Å². The lowest BCUT2D eigenvalue weighted by Crippen LogP contribution is -2.35. The number of rotatable bonds is 2. The van der Waals surface area contributed by atoms with E-state index >= 15 is 0 Å². The van der Waals surface area contributed by atoms with Gasteiger partial charge in [-0.3, -0.25) is 10.1 Å². The van der Waals surface area contributed by atoms with Gasteiger partial charge in [0.25, 0.3) is 5.91 Å². The first-order valence-electron chi connectivity index (χ1n) is 6.00. The van der Waals surface area contributed by atoms with E-state index in [2.05, 4.69) is 0 Å². The van der Waals surface area contributed by atoms with Gasteiger partial charge in [-0.15, -0.1) is 0 Å². The standard InChI is InChI=1S/C14H7Cl2F3N2O2/c15-6-2-1-3-8(17)12(6)13(22)21-14(23)20-11-5-9(18)7(16)4-10(11)19/h1-5H,(H2,20,21,22,23). The summed E-state index contributed by atoms with van der Waals surface area (Å²) in [6.07, 6.45) is 0. The highest BCUT2D eigenvalue weighted by Crippen LogP contribution is 2.23. The fourth-order valence-electron chi connectivity index (χ4n) is 1.65. The first kappa shape index (κ1) is 17.1. The number of amides is 3. The molecule has 2 rings (SSSR count). The third-order valence-corrected chi connectivity index (χ3v) is 3.28. The summed E-state index contributed by atoms with van der Waals surface area (Å²) >= 11 is 11.0. The smallest absolute Gasteiger partial charge is 0.305 e. The number of carbonyl (C=O) groups excluding carboxylic acids is 2. The quantitative estimate of drug-likeness (QED) is 0.779. The van der Waals surface area contributed by atoms with Gasteiger partial charge in [-0.05, 0) is 18.2 Å². The van der Waals surface area contributed by atoms with Gasteiger partial charge in [-0.25, -0.2) is 18.0 Å². The van der Waals surface area contributed by atoms with Gasteiger partial charge in [-0.2, -0.15) is 0 Å². The van der Waals surface area contributed by atoms with Crippen molar-refractivity contribution in [3.05, 3.63) is 63.4 Å². The van der Waals surface area contributed by atoms with Crippen molar-refractivity contribution >= 4 is 40.8 Å². The zero-order chi connectivity index (χ0) is 17.1. The Morgan fingerprint density at radius 3 is 2.26 bits per heavy atom. The van der Waals surface area contributed by atoms with Crippen LogP contribution in [0.5, 0.6) is 0 Å². The number of carbonyl (C=O) groups is 2. The molecule has 0 saturated heterocycles. The molecule has 9 heteroatoms. The van der Waals surface area contributed by atoms with Crippen molar-refractivity contribution < 1.29 is 22.8 Å². The Morgan fingerprint density at radius 1 is 0.913 bits per heavy atom. The van der Waals surface area contributed by atoms with Gasteiger partial charge in [0.15, 0.2) is 0 Å². The first-order valence-corrected chi connectivity index (χ1v) is 6.76. The molecule has 0 atom stereocenters. The summed E-state index contributed by atoms with van der Waals surface area (Å²) in [5.74, 6) is -4.05. The normalized spacial score (nSPS) is 10.3. The average molecular weight is 363 g/mol. The maximum Gasteiger partial charge on any atom is 0.326 e. The number of benzene rings is 2. The Bertz CT molecular complexity index is 780. The van der Waals surface area contributed by atoms with E-state index in [4.69, 9.17) is 23.2 Å². The van der Waals surface area contributed by atoms with Crippen LogP contribution < -0.4 is 10.6 Å². The molecule has 0 saturated carbocycles. The van der Waals surface area contributed by atoms with Crippen LogP contribution in [-0.2, 0) is 0 Å². The summed E-state index contributed by atoms with van der Waals surface area (Å²) in [7, 11) is 0. The molecule has 0 aliphatic heterocycles. The molecule has 23 heavy (non-hydrogen) atoms. The minimum absolute atomic E-state index is 0.209. The van der Waals surface area contributed by atoms with Crippen LogP contribution in [0.4, 0.5) is 23.7 Å². The van der Waals surface area contributed by atoms with Crippen molar-refractivity contribution in [2.75, 3.05) is 5.32 Å². The van der Waals surface area contributed by atoms with E-state index in [1.165, 1.54) is 12.1 Å². The number of urea groups is 1. The maximum absolute atomic E-state index is 13.5. The lowest BCUT2D eigenvalue weighted by molar-refractivity contribution is 0.0963. The molecule has 0 bridgehead atoms. The molecule has 0 aliphatic carbocycles. The summed E-state index contributed by atoms with van der Waals surface area (Å²) < 4.78 is 40.3. The average Bonchev–Trinajstić information content (AvgIpc) is 2.44. The predicted molar refractivity (Wildman–Crippen MR) is 79.3 cm³/mol. The predicted octanol–water partition coefficient (Wildman–Crippen LogP) is 4.37. The van der Waals surface area contributed by atoms with E-state index in [1.807, 2.05) is 5.32 Å². The maximum atomic E-state index is 13.5. The van der Waals surface area contributed by atoms with Crippen LogP contribution in [0.15, 0.2) is 30.3 Å². The lowest BCUT2D eigenvalue weighted by atomic mass is 10.2. The van der Waals surface area contributed by atoms with E-state index in [1.54, 1.807) is 5.32 Å². The van der Waals surface area contributed by atoms with Crippen LogP contribution in [-0.4, -0.2) is 11.9 Å². The fourth-order valence-corrected chi connectivity index (χ4v) is 2.05. The SMILES string of the molecule is O=C(NC(=O)c1c(F)cccc1Cl)Nc1cc(F)c(Cl)cc1F. The molecule has 2 aromatic rings. The Kier molecular flexibility index (Phi) is 5.12. The summed E-state index contributed by atoms with van der Waals surface area (Å²) in [6.45, 7) is 0. The Labute approximate surface area is 138 Å². The van der Waals surface area contributed by atoms with Crippen LogP contribution in [0.1, 0.15) is 10.4 Å². The molecule has 120 valence electrons. The van der Waals surface area contributed by atoms with Crippen LogP contribution in [0, 0.1) is 17.5 Å². The van der Waals surface area contributed by atoms with Crippen molar-refractivity contribution in [3.8, 4) is 0 Å². The molecule has 3 amide bonds. The van der Waals surface area contributed by atoms with Crippen molar-refractivity contribution in [3.63, 3.8) is 0 Å². The number of hydrogen-bond acceptors (Lipinski definition) is 2. The second-order valence-corrected chi connectivity index (χ2v) is 5.07. The van der Waals surface area contributed by atoms with Crippen molar-refractivity contribution in [2.24, 2.45) is 0 Å². The third kappa shape index (κ3) is 3.94. The molecule has 0 fully saturated rings. The summed E-state index contributed by atoms with van der Waals surface area (Å²) in [5.41, 5.74) is -1.09. The highest BCUT2D eigenvalue weighted by atomic mass is 35.5. The molecule has 0 aromatic heterocycles. The van der Waals surface area contributed by atoms with Gasteiger partial charge in [0.1, 0.15) is 17.5 Å². The largest absolute Gasteiger partial charge is 0.326 e. The van der Waals surface area contributed by atoms with Gasteiger partial charge in [-0.1, -0.05) is 29.3 Å². The fraction of sp³-hybridized carbons (Fsp3) is 0.